The molecule has 0 saturated heterocycles. The topological polar surface area (TPSA) is 67.2 Å². The van der Waals surface area contributed by atoms with Crippen molar-refractivity contribution in [3.8, 4) is 0 Å². The second-order valence-corrected chi connectivity index (χ2v) is 9.14. The molecule has 0 radical (unpaired) electrons. The number of thiocarbonyl (C=S) groups is 1. The number of hydrogen-bond donors (Lipinski definition) is 2. The molecule has 0 aliphatic carbocycles. The van der Waals surface area contributed by atoms with Crippen LogP contribution in [0.4, 0.5) is 5.69 Å². The first kappa shape index (κ1) is 24.4. The molecule has 0 saturated carbocycles. The van der Waals surface area contributed by atoms with Crippen molar-refractivity contribution in [1.29, 1.82) is 0 Å². The molecule has 0 spiro atoms. The first-order valence-corrected chi connectivity index (χ1v) is 12.2. The molecule has 3 aromatic carbocycles. The zero-order valence-corrected chi connectivity index (χ0v) is 21.0. The third kappa shape index (κ3) is 6.64. The van der Waals surface area contributed by atoms with Crippen LogP contribution >= 0.6 is 12.2 Å². The molecule has 2 N–H and O–H groups in total. The highest BCUT2D eigenvalue weighted by Crippen LogP contribution is 2.20. The van der Waals surface area contributed by atoms with Crippen molar-refractivity contribution < 1.29 is 9.21 Å². The van der Waals surface area contributed by atoms with E-state index in [2.05, 4.69) is 60.7 Å². The molecular weight excluding hydrogens is 454 g/mol. The Balaban J connectivity index is 1.29. The summed E-state index contributed by atoms with van der Waals surface area (Å²) in [5.41, 5.74) is 7.02. The van der Waals surface area contributed by atoms with Gasteiger partial charge in [0.2, 0.25) is 5.91 Å². The Bertz CT molecular complexity index is 1350. The minimum absolute atomic E-state index is 0.244. The summed E-state index contributed by atoms with van der Waals surface area (Å²) in [7, 11) is 0. The Kier molecular flexibility index (Phi) is 7.73. The molecule has 178 valence electrons. The van der Waals surface area contributed by atoms with Gasteiger partial charge >= 0.3 is 0 Å². The van der Waals surface area contributed by atoms with E-state index in [4.69, 9.17) is 16.6 Å². The van der Waals surface area contributed by atoms with Crippen molar-refractivity contribution in [2.24, 2.45) is 0 Å². The van der Waals surface area contributed by atoms with Crippen LogP contribution in [0, 0.1) is 0 Å². The van der Waals surface area contributed by atoms with Gasteiger partial charge in [-0.25, -0.2) is 4.98 Å². The summed E-state index contributed by atoms with van der Waals surface area (Å²) >= 11 is 5.28. The number of amides is 1. The van der Waals surface area contributed by atoms with Crippen LogP contribution in [0.5, 0.6) is 0 Å². The Morgan fingerprint density at radius 3 is 2.43 bits per heavy atom. The largest absolute Gasteiger partial charge is 0.440 e. The van der Waals surface area contributed by atoms with Crippen LogP contribution in [-0.2, 0) is 17.6 Å². The number of fused-ring (bicyclic) bond motifs is 1. The van der Waals surface area contributed by atoms with Crippen molar-refractivity contribution in [2.75, 3.05) is 5.32 Å². The maximum absolute atomic E-state index is 12.2. The number of oxazole rings is 1. The second kappa shape index (κ2) is 11.1. The molecule has 5 nitrogen and oxygen atoms in total. The quantitative estimate of drug-likeness (QED) is 0.228. The van der Waals surface area contributed by atoms with Gasteiger partial charge in [-0.2, -0.15) is 0 Å². The van der Waals surface area contributed by atoms with E-state index < -0.39 is 0 Å². The van der Waals surface area contributed by atoms with Gasteiger partial charge in [0.1, 0.15) is 5.52 Å². The SMILES string of the molecule is CCc1ccc2oc(Cc3ccc(NC(=S)NC(=O)/C=C/c4ccc(C(C)C)cc4)cc3)nc2c1. The molecule has 0 aliphatic heterocycles. The third-order valence-electron chi connectivity index (χ3n) is 5.74. The smallest absolute Gasteiger partial charge is 0.250 e. The normalized spacial score (nSPS) is 11.3. The Hall–Kier alpha value is -3.77. The maximum Gasteiger partial charge on any atom is 0.250 e. The van der Waals surface area contributed by atoms with Crippen molar-refractivity contribution >= 4 is 46.1 Å². The molecule has 6 heteroatoms. The first-order valence-electron chi connectivity index (χ1n) is 11.8. The Labute approximate surface area is 211 Å². The lowest BCUT2D eigenvalue weighted by Crippen LogP contribution is -2.32. The number of anilines is 1. The van der Waals surface area contributed by atoms with Crippen molar-refractivity contribution in [3.05, 3.63) is 101 Å². The summed E-state index contributed by atoms with van der Waals surface area (Å²) in [5.74, 6) is 0.876. The predicted molar refractivity (Wildman–Crippen MR) is 147 cm³/mol. The fraction of sp³-hybridized carbons (Fsp3) is 0.207. The van der Waals surface area contributed by atoms with E-state index >= 15 is 0 Å². The van der Waals surface area contributed by atoms with Crippen molar-refractivity contribution in [2.45, 2.75) is 39.5 Å². The minimum atomic E-state index is -0.283. The average molecular weight is 484 g/mol. The van der Waals surface area contributed by atoms with Gasteiger partial charge in [-0.3, -0.25) is 10.1 Å². The zero-order valence-electron chi connectivity index (χ0n) is 20.2. The van der Waals surface area contributed by atoms with Crippen LogP contribution in [-0.4, -0.2) is 16.0 Å². The lowest BCUT2D eigenvalue weighted by atomic mass is 10.0. The number of rotatable bonds is 7. The molecule has 4 aromatic rings. The van der Waals surface area contributed by atoms with Crippen LogP contribution < -0.4 is 10.6 Å². The Morgan fingerprint density at radius 2 is 1.74 bits per heavy atom. The summed E-state index contributed by atoms with van der Waals surface area (Å²) in [6, 6.07) is 22.1. The summed E-state index contributed by atoms with van der Waals surface area (Å²) in [6.45, 7) is 6.43. The highest BCUT2D eigenvalue weighted by atomic mass is 32.1. The van der Waals surface area contributed by atoms with Gasteiger partial charge in [0.05, 0.1) is 0 Å². The summed E-state index contributed by atoms with van der Waals surface area (Å²) < 4.78 is 5.88. The molecule has 0 atom stereocenters. The fourth-order valence-corrected chi connectivity index (χ4v) is 3.90. The molecule has 35 heavy (non-hydrogen) atoms. The zero-order chi connectivity index (χ0) is 24.8. The van der Waals surface area contributed by atoms with Gasteiger partial charge in [0.25, 0.3) is 0 Å². The molecule has 1 amide bonds. The molecule has 0 fully saturated rings. The van der Waals surface area contributed by atoms with Crippen LogP contribution in [0.1, 0.15) is 54.8 Å². The van der Waals surface area contributed by atoms with Gasteiger partial charge in [0, 0.05) is 18.2 Å². The van der Waals surface area contributed by atoms with E-state index in [9.17, 15) is 4.79 Å². The predicted octanol–water partition coefficient (Wildman–Crippen LogP) is 6.63. The number of nitrogens with one attached hydrogen (secondary N) is 2. The number of aryl methyl sites for hydroxylation is 1. The van der Waals surface area contributed by atoms with E-state index in [1.54, 1.807) is 6.08 Å². The summed E-state index contributed by atoms with van der Waals surface area (Å²) in [4.78, 5) is 16.8. The van der Waals surface area contributed by atoms with E-state index in [1.165, 1.54) is 17.2 Å². The van der Waals surface area contributed by atoms with Crippen molar-refractivity contribution in [3.63, 3.8) is 0 Å². The summed E-state index contributed by atoms with van der Waals surface area (Å²) in [5, 5.41) is 5.96. The molecule has 1 heterocycles. The molecule has 4 rings (SSSR count). The number of aromatic nitrogens is 1. The number of carbonyl (C=O) groups excluding carboxylic acids is 1. The van der Waals surface area contributed by atoms with Crippen molar-refractivity contribution in [1.82, 2.24) is 10.3 Å². The lowest BCUT2D eigenvalue weighted by molar-refractivity contribution is -0.115. The fourth-order valence-electron chi connectivity index (χ4n) is 3.68. The third-order valence-corrected chi connectivity index (χ3v) is 5.94. The van der Waals surface area contributed by atoms with Gasteiger partial charge in [-0.1, -0.05) is 63.2 Å². The van der Waals surface area contributed by atoms with E-state index in [0.29, 0.717) is 18.2 Å². The molecule has 0 unspecified atom stereocenters. The molecule has 0 aliphatic rings. The number of hydrogen-bond acceptors (Lipinski definition) is 4. The second-order valence-electron chi connectivity index (χ2n) is 8.74. The van der Waals surface area contributed by atoms with Crippen LogP contribution in [0.2, 0.25) is 0 Å². The molecule has 1 aromatic heterocycles. The monoisotopic (exact) mass is 483 g/mol. The summed E-state index contributed by atoms with van der Waals surface area (Å²) in [6.07, 6.45) is 4.81. The van der Waals surface area contributed by atoms with Crippen LogP contribution in [0.15, 0.2) is 77.2 Å². The lowest BCUT2D eigenvalue weighted by Gasteiger charge is -2.09. The van der Waals surface area contributed by atoms with Gasteiger partial charge in [-0.15, -0.1) is 0 Å². The van der Waals surface area contributed by atoms with E-state index in [0.717, 1.165) is 34.3 Å². The highest BCUT2D eigenvalue weighted by Gasteiger charge is 2.08. The highest BCUT2D eigenvalue weighted by molar-refractivity contribution is 7.80. The Morgan fingerprint density at radius 1 is 1.03 bits per heavy atom. The van der Waals surface area contributed by atoms with Crippen LogP contribution in [0.3, 0.4) is 0 Å². The van der Waals surface area contributed by atoms with E-state index in [1.807, 2.05) is 42.5 Å². The minimum Gasteiger partial charge on any atom is -0.440 e. The van der Waals surface area contributed by atoms with E-state index in [-0.39, 0.29) is 11.0 Å². The molecular formula is C29H29N3O2S. The van der Waals surface area contributed by atoms with Gasteiger partial charge < -0.3 is 9.73 Å². The average Bonchev–Trinajstić information content (AvgIpc) is 3.25. The molecule has 0 bridgehead atoms. The first-order chi connectivity index (χ1) is 16.9. The van der Waals surface area contributed by atoms with Crippen LogP contribution in [0.25, 0.3) is 17.2 Å². The maximum atomic E-state index is 12.2. The number of nitrogens with zero attached hydrogens (tertiary/aromatic N) is 1. The van der Waals surface area contributed by atoms with Gasteiger partial charge in [0.15, 0.2) is 16.6 Å². The number of benzene rings is 3. The number of carbonyl (C=O) groups is 1. The standard InChI is InChI=1S/C29H29N3O2S/c1-4-20-9-15-26-25(17-20)31-28(34-26)18-22-7-13-24(14-8-22)30-29(35)32-27(33)16-10-21-5-11-23(12-6-21)19(2)3/h5-17,19H,4,18H2,1-3H3,(H2,30,32,33,35)/b16-10+. The van der Waals surface area contributed by atoms with Gasteiger partial charge in [-0.05, 0) is 77.2 Å².